The van der Waals surface area contributed by atoms with Crippen LogP contribution in [-0.2, 0) is 4.57 Å². The molecule has 0 aromatic carbocycles. The van der Waals surface area contributed by atoms with E-state index in [1.165, 1.54) is 38.5 Å². The highest BCUT2D eigenvalue weighted by Gasteiger charge is 1.98. The molecule has 0 aromatic rings. The van der Waals surface area contributed by atoms with Gasteiger partial charge in [-0.3, -0.25) is 0 Å². The van der Waals surface area contributed by atoms with Crippen molar-refractivity contribution in [1.82, 2.24) is 0 Å². The summed E-state index contributed by atoms with van der Waals surface area (Å²) < 4.78 is 10.2. The summed E-state index contributed by atoms with van der Waals surface area (Å²) in [5.74, 6) is 0. The summed E-state index contributed by atoms with van der Waals surface area (Å²) in [5, 5.41) is 0. The number of rotatable bonds is 9. The van der Waals surface area contributed by atoms with Crippen molar-refractivity contribution in [3.8, 4) is 0 Å². The summed E-state index contributed by atoms with van der Waals surface area (Å²) >= 11 is 0. The lowest BCUT2D eigenvalue weighted by Gasteiger charge is -1.98. The van der Waals surface area contributed by atoms with Crippen molar-refractivity contribution in [2.75, 3.05) is 6.16 Å². The van der Waals surface area contributed by atoms with Crippen LogP contribution < -0.4 is 4.89 Å². The van der Waals surface area contributed by atoms with Gasteiger partial charge in [-0.05, 0) is 12.8 Å². The van der Waals surface area contributed by atoms with Crippen LogP contribution in [0.1, 0.15) is 58.3 Å². The molecule has 0 aliphatic carbocycles. The molecule has 0 saturated heterocycles. The van der Waals surface area contributed by atoms with E-state index in [1.807, 2.05) is 0 Å². The molecular weight excluding hydrogens is 183 g/mol. The Bertz CT molecular complexity index is 126. The van der Waals surface area contributed by atoms with Gasteiger partial charge in [-0.25, -0.2) is 0 Å². The third kappa shape index (κ3) is 12.1. The Kier molecular flexibility index (Phi) is 10.2. The van der Waals surface area contributed by atoms with Crippen molar-refractivity contribution in [1.29, 1.82) is 0 Å². The fourth-order valence-electron chi connectivity index (χ4n) is 1.37. The van der Waals surface area contributed by atoms with Crippen molar-refractivity contribution in [2.24, 2.45) is 0 Å². The molecular formula is C10H21O2P. The Morgan fingerprint density at radius 1 is 0.923 bits per heavy atom. The van der Waals surface area contributed by atoms with E-state index in [0.29, 0.717) is 6.16 Å². The van der Waals surface area contributed by atoms with Gasteiger partial charge in [0.1, 0.15) is 6.16 Å². The van der Waals surface area contributed by atoms with Gasteiger partial charge in [-0.2, -0.15) is 0 Å². The minimum Gasteiger partial charge on any atom is -0.596 e. The highest BCUT2D eigenvalue weighted by atomic mass is 31.1. The van der Waals surface area contributed by atoms with Gasteiger partial charge in [0.15, 0.2) is 0 Å². The van der Waals surface area contributed by atoms with Gasteiger partial charge in [0.05, 0.1) is 0 Å². The predicted molar refractivity (Wildman–Crippen MR) is 55.1 cm³/mol. The molecule has 2 nitrogen and oxygen atoms in total. The molecule has 13 heavy (non-hydrogen) atoms. The topological polar surface area (TPSA) is 40.1 Å². The first-order valence-corrected chi connectivity index (χ1v) is 6.75. The van der Waals surface area contributed by atoms with Gasteiger partial charge in [-0.1, -0.05) is 50.0 Å². The summed E-state index contributed by atoms with van der Waals surface area (Å²) in [4.78, 5) is 10.2. The maximum Gasteiger partial charge on any atom is 0.308 e. The van der Waals surface area contributed by atoms with E-state index in [4.69, 9.17) is 0 Å². The summed E-state index contributed by atoms with van der Waals surface area (Å²) in [6.07, 6.45) is 10.1. The molecule has 1 atom stereocenters. The van der Waals surface area contributed by atoms with Crippen molar-refractivity contribution in [3.05, 3.63) is 0 Å². The zero-order chi connectivity index (χ0) is 9.94. The van der Waals surface area contributed by atoms with E-state index < -0.39 is 8.03 Å². The molecule has 0 heterocycles. The van der Waals surface area contributed by atoms with Crippen LogP contribution in [0.3, 0.4) is 0 Å². The molecule has 0 fully saturated rings. The minimum atomic E-state index is -2.13. The average molecular weight is 204 g/mol. The smallest absolute Gasteiger partial charge is 0.308 e. The largest absolute Gasteiger partial charge is 0.596 e. The van der Waals surface area contributed by atoms with Crippen molar-refractivity contribution in [3.63, 3.8) is 0 Å². The van der Waals surface area contributed by atoms with Crippen LogP contribution in [0.2, 0.25) is 0 Å². The Balaban J connectivity index is 2.87. The molecule has 0 aromatic heterocycles. The lowest BCUT2D eigenvalue weighted by Crippen LogP contribution is -1.91. The molecule has 0 aliphatic heterocycles. The van der Waals surface area contributed by atoms with Crippen LogP contribution in [0.25, 0.3) is 0 Å². The van der Waals surface area contributed by atoms with Crippen LogP contribution in [-0.4, -0.2) is 6.16 Å². The van der Waals surface area contributed by atoms with E-state index in [9.17, 15) is 9.46 Å². The lowest BCUT2D eigenvalue weighted by molar-refractivity contribution is -0.164. The number of unbranched alkanes of at least 4 members (excludes halogenated alkanes) is 7. The van der Waals surface area contributed by atoms with Gasteiger partial charge in [0.2, 0.25) is 0 Å². The Labute approximate surface area is 82.6 Å². The molecule has 0 spiro atoms. The lowest BCUT2D eigenvalue weighted by atomic mass is 10.1. The van der Waals surface area contributed by atoms with Gasteiger partial charge >= 0.3 is 8.03 Å². The van der Waals surface area contributed by atoms with Gasteiger partial charge in [0.25, 0.3) is 0 Å². The van der Waals surface area contributed by atoms with Crippen LogP contribution in [0.15, 0.2) is 0 Å². The van der Waals surface area contributed by atoms with Gasteiger partial charge in [0, 0.05) is 0 Å². The number of hydrogen-bond acceptors (Lipinski definition) is 2. The summed E-state index contributed by atoms with van der Waals surface area (Å²) in [6, 6.07) is 0. The maximum atomic E-state index is 10.2. The Hall–Kier alpha value is 0.0600. The molecule has 0 N–H and O–H groups in total. The normalized spacial score (nSPS) is 11.7. The first-order chi connectivity index (χ1) is 6.27. The second-order valence-electron chi connectivity index (χ2n) is 3.53. The maximum absolute atomic E-state index is 10.2. The molecule has 0 radical (unpaired) electrons. The van der Waals surface area contributed by atoms with Crippen LogP contribution in [0.4, 0.5) is 0 Å². The predicted octanol–water partition coefficient (Wildman–Crippen LogP) is 3.23. The molecule has 0 amide bonds. The summed E-state index contributed by atoms with van der Waals surface area (Å²) in [6.45, 7) is 2.21. The van der Waals surface area contributed by atoms with Crippen molar-refractivity contribution in [2.45, 2.75) is 58.3 Å². The van der Waals surface area contributed by atoms with Crippen LogP contribution in [0.5, 0.6) is 0 Å². The highest BCUT2D eigenvalue weighted by Crippen LogP contribution is 2.13. The van der Waals surface area contributed by atoms with E-state index >= 15 is 0 Å². The molecule has 0 bridgehead atoms. The second-order valence-corrected chi connectivity index (χ2v) is 4.64. The molecule has 1 unspecified atom stereocenters. The fourth-order valence-corrected chi connectivity index (χ4v) is 1.86. The first kappa shape index (κ1) is 13.1. The van der Waals surface area contributed by atoms with Gasteiger partial charge < -0.3 is 4.89 Å². The SMILES string of the molecule is CCCCCCCCCC[P+](=O)[O-]. The molecule has 3 heteroatoms. The quantitative estimate of drug-likeness (QED) is 0.427. The molecule has 0 rings (SSSR count). The number of hydrogen-bond donors (Lipinski definition) is 0. The van der Waals surface area contributed by atoms with Crippen molar-refractivity contribution < 1.29 is 9.46 Å². The van der Waals surface area contributed by atoms with Crippen LogP contribution in [0, 0.1) is 0 Å². The summed E-state index contributed by atoms with van der Waals surface area (Å²) in [5.41, 5.74) is 0. The third-order valence-electron chi connectivity index (χ3n) is 2.19. The Morgan fingerprint density at radius 2 is 1.38 bits per heavy atom. The third-order valence-corrected chi connectivity index (χ3v) is 2.88. The van der Waals surface area contributed by atoms with Gasteiger partial charge in [-0.15, -0.1) is 0 Å². The molecule has 0 saturated carbocycles. The van der Waals surface area contributed by atoms with E-state index in [-0.39, 0.29) is 0 Å². The van der Waals surface area contributed by atoms with Crippen molar-refractivity contribution >= 4 is 8.03 Å². The van der Waals surface area contributed by atoms with E-state index in [1.54, 1.807) is 0 Å². The summed E-state index contributed by atoms with van der Waals surface area (Å²) in [7, 11) is -2.13. The zero-order valence-electron chi connectivity index (χ0n) is 8.63. The van der Waals surface area contributed by atoms with Crippen LogP contribution >= 0.6 is 8.03 Å². The minimum absolute atomic E-state index is 0.379. The second kappa shape index (κ2) is 10.1. The van der Waals surface area contributed by atoms with E-state index in [2.05, 4.69) is 6.92 Å². The monoisotopic (exact) mass is 204 g/mol. The average Bonchev–Trinajstić information content (AvgIpc) is 2.09. The Morgan fingerprint density at radius 3 is 1.85 bits per heavy atom. The fraction of sp³-hybridized carbons (Fsp3) is 1.00. The molecule has 0 aliphatic rings. The standard InChI is InChI=1S/C10H21O2P/c1-2-3-4-5-6-7-8-9-10-13(11)12/h2-10H2,1H3. The highest BCUT2D eigenvalue weighted by molar-refractivity contribution is 7.36. The van der Waals surface area contributed by atoms with E-state index in [0.717, 1.165) is 12.8 Å². The zero-order valence-corrected chi connectivity index (χ0v) is 9.52. The first-order valence-electron chi connectivity index (χ1n) is 5.39. The molecule has 78 valence electrons.